The molecule has 5 aromatic rings. The molecule has 1 atom stereocenters. The average Bonchev–Trinajstić information content (AvgIpc) is 3.90. The average molecular weight is 745 g/mol. The van der Waals surface area contributed by atoms with E-state index in [2.05, 4.69) is 46.5 Å². The number of hydrogen-bond acceptors (Lipinski definition) is 10. The van der Waals surface area contributed by atoms with Gasteiger partial charge in [-0.3, -0.25) is 19.4 Å². The number of hydrogen-bond donors (Lipinski definition) is 4. The molecule has 2 aliphatic heterocycles. The number of anilines is 1. The monoisotopic (exact) mass is 743 g/mol. The fourth-order valence-electron chi connectivity index (χ4n) is 6.57. The lowest BCUT2D eigenvalue weighted by atomic mass is 10.0. The third-order valence-electron chi connectivity index (χ3n) is 9.29. The summed E-state index contributed by atoms with van der Waals surface area (Å²) in [4.78, 5) is 48.8. The number of nitrogens with one attached hydrogen (secondary N) is 4. The van der Waals surface area contributed by atoms with Crippen LogP contribution < -0.4 is 20.7 Å². The third kappa shape index (κ3) is 7.20. The van der Waals surface area contributed by atoms with Crippen molar-refractivity contribution in [3.05, 3.63) is 87.3 Å². The van der Waals surface area contributed by atoms with E-state index in [9.17, 15) is 14.4 Å². The molecular formula is C35H35Cl2N11O4. The standard InChI is InChI=1S/C35H35Cl2N11O4/c1-47-26-11-13-48(30(50)15-28-43-45-46-44-28)18-25(26)41-34(47)35(51)42-24-5-3-4-22(31(24)36)23-10-12-39-33(32(23)37)19-6-7-20(27(14-19)52-2)16-38-17-21-8-9-29(49)40-21/h3-7,10,12,14,21,38H,8-9,11,13,15-18H2,1-2H3,(H,40,49)(H,42,51)(H,43,44,45,46)/t21-/m1/s1. The number of amides is 3. The van der Waals surface area contributed by atoms with Crippen LogP contribution in [0.5, 0.6) is 5.75 Å². The van der Waals surface area contributed by atoms with Gasteiger partial charge in [-0.1, -0.05) is 52.7 Å². The Balaban J connectivity index is 1.06. The number of halogens is 2. The molecule has 1 fully saturated rings. The zero-order valence-corrected chi connectivity index (χ0v) is 29.9. The largest absolute Gasteiger partial charge is 0.496 e. The molecule has 2 aromatic carbocycles. The topological polar surface area (TPSA) is 185 Å². The molecule has 1 saturated heterocycles. The molecule has 4 N–H and O–H groups in total. The summed E-state index contributed by atoms with van der Waals surface area (Å²) in [5, 5.41) is 23.5. The van der Waals surface area contributed by atoms with Gasteiger partial charge < -0.3 is 30.2 Å². The van der Waals surface area contributed by atoms with E-state index in [0.29, 0.717) is 82.3 Å². The van der Waals surface area contributed by atoms with Crippen LogP contribution in [0.1, 0.15) is 46.2 Å². The van der Waals surface area contributed by atoms with Gasteiger partial charge in [0.05, 0.1) is 47.2 Å². The molecule has 0 spiro atoms. The summed E-state index contributed by atoms with van der Waals surface area (Å²) in [6, 6.07) is 13.0. The molecule has 52 heavy (non-hydrogen) atoms. The molecule has 17 heteroatoms. The van der Waals surface area contributed by atoms with Gasteiger partial charge in [0.2, 0.25) is 11.8 Å². The number of pyridine rings is 1. The lowest BCUT2D eigenvalue weighted by Gasteiger charge is -2.26. The lowest BCUT2D eigenvalue weighted by Crippen LogP contribution is -2.37. The molecule has 15 nitrogen and oxygen atoms in total. The van der Waals surface area contributed by atoms with Gasteiger partial charge in [-0.25, -0.2) is 4.98 Å². The van der Waals surface area contributed by atoms with Gasteiger partial charge in [0.15, 0.2) is 11.6 Å². The molecule has 0 radical (unpaired) electrons. The van der Waals surface area contributed by atoms with Gasteiger partial charge in [0.1, 0.15) is 5.75 Å². The van der Waals surface area contributed by atoms with E-state index >= 15 is 0 Å². The van der Waals surface area contributed by atoms with Crippen LogP contribution in [0.25, 0.3) is 22.4 Å². The van der Waals surface area contributed by atoms with Gasteiger partial charge in [-0.15, -0.1) is 10.2 Å². The Morgan fingerprint density at radius 2 is 1.94 bits per heavy atom. The van der Waals surface area contributed by atoms with Crippen LogP contribution in [0.15, 0.2) is 48.7 Å². The first kappa shape index (κ1) is 35.0. The van der Waals surface area contributed by atoms with Gasteiger partial charge in [0, 0.05) is 79.7 Å². The van der Waals surface area contributed by atoms with Crippen molar-refractivity contribution in [1.29, 1.82) is 0 Å². The number of methoxy groups -OCH3 is 1. The molecule has 0 bridgehead atoms. The van der Waals surface area contributed by atoms with Crippen molar-refractivity contribution >= 4 is 46.6 Å². The number of benzene rings is 2. The second kappa shape index (κ2) is 15.1. The smallest absolute Gasteiger partial charge is 0.291 e. The molecule has 0 aliphatic carbocycles. The predicted molar refractivity (Wildman–Crippen MR) is 193 cm³/mol. The summed E-state index contributed by atoms with van der Waals surface area (Å²) in [6.07, 6.45) is 3.60. The molecule has 3 aromatic heterocycles. The maximum absolute atomic E-state index is 13.6. The summed E-state index contributed by atoms with van der Waals surface area (Å²) in [5.74, 6) is 0.668. The number of aromatic amines is 1. The highest BCUT2D eigenvalue weighted by molar-refractivity contribution is 6.39. The molecule has 0 unspecified atom stereocenters. The quantitative estimate of drug-likeness (QED) is 0.155. The highest BCUT2D eigenvalue weighted by Gasteiger charge is 2.29. The van der Waals surface area contributed by atoms with Crippen molar-refractivity contribution in [2.45, 2.75) is 44.8 Å². The van der Waals surface area contributed by atoms with Crippen molar-refractivity contribution in [3.63, 3.8) is 0 Å². The Morgan fingerprint density at radius 1 is 1.10 bits per heavy atom. The summed E-state index contributed by atoms with van der Waals surface area (Å²) in [7, 11) is 3.39. The molecule has 0 saturated carbocycles. The molecule has 7 rings (SSSR count). The normalized spacial score (nSPS) is 15.3. The van der Waals surface area contributed by atoms with E-state index < -0.39 is 5.91 Å². The Morgan fingerprint density at radius 3 is 2.71 bits per heavy atom. The van der Waals surface area contributed by atoms with E-state index in [0.717, 1.165) is 23.2 Å². The molecule has 5 heterocycles. The minimum absolute atomic E-state index is 0.0200. The summed E-state index contributed by atoms with van der Waals surface area (Å²) in [5.41, 5.74) is 5.40. The number of carbonyl (C=O) groups excluding carboxylic acids is 3. The van der Waals surface area contributed by atoms with Crippen LogP contribution in [0.2, 0.25) is 10.0 Å². The number of carbonyl (C=O) groups is 3. The highest BCUT2D eigenvalue weighted by atomic mass is 35.5. The van der Waals surface area contributed by atoms with Crippen molar-refractivity contribution in [2.75, 3.05) is 25.5 Å². The number of nitrogens with zero attached hydrogens (tertiary/aromatic N) is 7. The predicted octanol–water partition coefficient (Wildman–Crippen LogP) is 3.73. The lowest BCUT2D eigenvalue weighted by molar-refractivity contribution is -0.131. The number of tetrazole rings is 1. The number of fused-ring (bicyclic) bond motifs is 1. The fraction of sp³-hybridized carbons (Fsp3) is 0.314. The first-order chi connectivity index (χ1) is 25.2. The van der Waals surface area contributed by atoms with E-state index in [1.807, 2.05) is 24.3 Å². The van der Waals surface area contributed by atoms with Gasteiger partial charge in [-0.05, 0) is 24.6 Å². The number of H-pyrrole nitrogens is 1. The van der Waals surface area contributed by atoms with E-state index in [1.54, 1.807) is 48.0 Å². The van der Waals surface area contributed by atoms with Crippen molar-refractivity contribution in [1.82, 2.24) is 50.7 Å². The third-order valence-corrected chi connectivity index (χ3v) is 10.1. The van der Waals surface area contributed by atoms with Crippen LogP contribution in [0.3, 0.4) is 0 Å². The van der Waals surface area contributed by atoms with Gasteiger partial charge in [-0.2, -0.15) is 5.21 Å². The van der Waals surface area contributed by atoms with Crippen molar-refractivity contribution in [3.8, 4) is 28.1 Å². The zero-order valence-electron chi connectivity index (χ0n) is 28.4. The number of rotatable bonds is 11. The maximum atomic E-state index is 13.6. The van der Waals surface area contributed by atoms with Gasteiger partial charge >= 0.3 is 0 Å². The zero-order chi connectivity index (χ0) is 36.4. The maximum Gasteiger partial charge on any atom is 0.291 e. The Labute approximate surface area is 308 Å². The first-order valence-electron chi connectivity index (χ1n) is 16.7. The minimum Gasteiger partial charge on any atom is -0.496 e. The second-order valence-corrected chi connectivity index (χ2v) is 13.3. The molecule has 2 aliphatic rings. The van der Waals surface area contributed by atoms with E-state index in [4.69, 9.17) is 27.9 Å². The number of imidazole rings is 1. The van der Waals surface area contributed by atoms with Gasteiger partial charge in [0.25, 0.3) is 5.91 Å². The molecule has 268 valence electrons. The first-order valence-corrected chi connectivity index (χ1v) is 17.4. The van der Waals surface area contributed by atoms with Crippen LogP contribution in [0.4, 0.5) is 5.69 Å². The van der Waals surface area contributed by atoms with Crippen LogP contribution >= 0.6 is 23.2 Å². The number of aromatic nitrogens is 7. The Hall–Kier alpha value is -5.38. The van der Waals surface area contributed by atoms with Crippen molar-refractivity contribution < 1.29 is 19.1 Å². The molecular weight excluding hydrogens is 709 g/mol. The molecule has 3 amide bonds. The van der Waals surface area contributed by atoms with Crippen LogP contribution in [-0.2, 0) is 42.6 Å². The highest BCUT2D eigenvalue weighted by Crippen LogP contribution is 2.41. The summed E-state index contributed by atoms with van der Waals surface area (Å²) in [6.45, 7) is 1.97. The van der Waals surface area contributed by atoms with Crippen LogP contribution in [0, 0.1) is 0 Å². The Kier molecular flexibility index (Phi) is 10.2. The summed E-state index contributed by atoms with van der Waals surface area (Å²) < 4.78 is 7.46. The van der Waals surface area contributed by atoms with E-state index in [-0.39, 0.29) is 36.6 Å². The number of ether oxygens (including phenoxy) is 1. The summed E-state index contributed by atoms with van der Waals surface area (Å²) >= 11 is 13.9. The SMILES string of the molecule is COc1cc(-c2nccc(-c3cccc(NC(=O)c4nc5c(n4C)CCN(C(=O)Cc4nn[nH]n4)C5)c3Cl)c2Cl)ccc1CNC[C@H]1CCC(=O)N1. The van der Waals surface area contributed by atoms with Crippen LogP contribution in [-0.4, -0.2) is 84.0 Å². The fourth-order valence-corrected chi connectivity index (χ4v) is 7.16. The Bertz CT molecular complexity index is 2150. The minimum atomic E-state index is -0.447. The van der Waals surface area contributed by atoms with E-state index in [1.165, 1.54) is 0 Å². The van der Waals surface area contributed by atoms with Crippen molar-refractivity contribution in [2.24, 2.45) is 7.05 Å². The second-order valence-electron chi connectivity index (χ2n) is 12.6.